The number of hydrogen-bond donors (Lipinski definition) is 2. The van der Waals surface area contributed by atoms with E-state index in [0.717, 1.165) is 0 Å². The van der Waals surface area contributed by atoms with Crippen molar-refractivity contribution in [3.05, 3.63) is 29.8 Å². The van der Waals surface area contributed by atoms with Crippen molar-refractivity contribution < 1.29 is 14.7 Å². The van der Waals surface area contributed by atoms with Gasteiger partial charge in [-0.15, -0.1) is 10.2 Å². The molecule has 21 heavy (non-hydrogen) atoms. The van der Waals surface area contributed by atoms with Crippen LogP contribution in [0.1, 0.15) is 23.2 Å². The van der Waals surface area contributed by atoms with Gasteiger partial charge in [-0.2, -0.15) is 5.21 Å². The number of likely N-dealkylation sites (tertiary alicyclic amines) is 1. The molecule has 1 aliphatic rings. The number of benzene rings is 1. The highest BCUT2D eigenvalue weighted by atomic mass is 16.4. The van der Waals surface area contributed by atoms with Gasteiger partial charge in [0.05, 0.1) is 0 Å². The van der Waals surface area contributed by atoms with Crippen LogP contribution in [0.4, 0.5) is 0 Å². The van der Waals surface area contributed by atoms with Gasteiger partial charge in [-0.1, -0.05) is 12.1 Å². The largest absolute Gasteiger partial charge is 0.480 e. The summed E-state index contributed by atoms with van der Waals surface area (Å²) in [5.74, 6) is -0.860. The minimum atomic E-state index is -0.963. The number of carboxylic acid groups (broad SMARTS) is 1. The van der Waals surface area contributed by atoms with Crippen molar-refractivity contribution in [2.45, 2.75) is 18.9 Å². The van der Waals surface area contributed by atoms with Crippen LogP contribution in [0, 0.1) is 0 Å². The average Bonchev–Trinajstić information content (AvgIpc) is 3.17. The van der Waals surface area contributed by atoms with Gasteiger partial charge in [0.2, 0.25) is 5.82 Å². The first-order chi connectivity index (χ1) is 10.2. The van der Waals surface area contributed by atoms with Crippen LogP contribution in [0.15, 0.2) is 24.3 Å². The number of amides is 1. The van der Waals surface area contributed by atoms with Gasteiger partial charge in [-0.3, -0.25) is 4.79 Å². The summed E-state index contributed by atoms with van der Waals surface area (Å²) in [6, 6.07) is 6.03. The number of aliphatic carboxylic acids is 1. The summed E-state index contributed by atoms with van der Waals surface area (Å²) >= 11 is 0. The van der Waals surface area contributed by atoms with Crippen LogP contribution in [0.3, 0.4) is 0 Å². The summed E-state index contributed by atoms with van der Waals surface area (Å²) in [4.78, 5) is 25.1. The van der Waals surface area contributed by atoms with E-state index in [1.165, 1.54) is 4.90 Å². The van der Waals surface area contributed by atoms with E-state index < -0.39 is 12.0 Å². The van der Waals surface area contributed by atoms with E-state index in [0.29, 0.717) is 36.3 Å². The maximum absolute atomic E-state index is 12.5. The quantitative estimate of drug-likeness (QED) is 0.852. The van der Waals surface area contributed by atoms with Gasteiger partial charge in [0, 0.05) is 17.7 Å². The smallest absolute Gasteiger partial charge is 0.326 e. The van der Waals surface area contributed by atoms with Crippen molar-refractivity contribution in [3.63, 3.8) is 0 Å². The Labute approximate surface area is 119 Å². The van der Waals surface area contributed by atoms with Crippen LogP contribution in [0.5, 0.6) is 0 Å². The van der Waals surface area contributed by atoms with Gasteiger partial charge in [-0.25, -0.2) is 4.79 Å². The molecule has 2 N–H and O–H groups in total. The maximum Gasteiger partial charge on any atom is 0.326 e. The highest BCUT2D eigenvalue weighted by Gasteiger charge is 2.34. The molecule has 1 fully saturated rings. The number of nitrogens with one attached hydrogen (secondary N) is 1. The molecule has 2 heterocycles. The Morgan fingerprint density at radius 3 is 2.95 bits per heavy atom. The van der Waals surface area contributed by atoms with E-state index in [2.05, 4.69) is 20.6 Å². The molecule has 1 aromatic carbocycles. The van der Waals surface area contributed by atoms with E-state index in [1.807, 2.05) is 0 Å². The SMILES string of the molecule is O=C(O)C1CCCN1C(=O)c1cccc(-c2nn[nH]n2)c1. The van der Waals surface area contributed by atoms with Crippen molar-refractivity contribution in [2.24, 2.45) is 0 Å². The van der Waals surface area contributed by atoms with Gasteiger partial charge in [0.1, 0.15) is 6.04 Å². The van der Waals surface area contributed by atoms with Gasteiger partial charge in [-0.05, 0) is 30.2 Å². The average molecular weight is 287 g/mol. The molecule has 1 aromatic heterocycles. The van der Waals surface area contributed by atoms with Gasteiger partial charge in [0.25, 0.3) is 5.91 Å². The number of rotatable bonds is 3. The maximum atomic E-state index is 12.5. The molecule has 1 amide bonds. The number of tetrazole rings is 1. The van der Waals surface area contributed by atoms with Crippen molar-refractivity contribution in [3.8, 4) is 11.4 Å². The molecular formula is C13H13N5O3. The van der Waals surface area contributed by atoms with E-state index in [9.17, 15) is 9.59 Å². The molecule has 1 atom stereocenters. The molecule has 1 aliphatic heterocycles. The molecule has 1 saturated heterocycles. The third-order valence-electron chi connectivity index (χ3n) is 3.51. The molecule has 0 saturated carbocycles. The second kappa shape index (κ2) is 5.31. The minimum absolute atomic E-state index is 0.287. The first-order valence-corrected chi connectivity index (χ1v) is 6.54. The lowest BCUT2D eigenvalue weighted by Gasteiger charge is -2.21. The van der Waals surface area contributed by atoms with Crippen molar-refractivity contribution in [1.29, 1.82) is 0 Å². The normalized spacial score (nSPS) is 17.9. The summed E-state index contributed by atoms with van der Waals surface area (Å²) in [7, 11) is 0. The Morgan fingerprint density at radius 1 is 1.38 bits per heavy atom. The number of aromatic nitrogens is 4. The predicted octanol–water partition coefficient (Wildman–Crippen LogP) is 0.556. The van der Waals surface area contributed by atoms with E-state index in [-0.39, 0.29) is 5.91 Å². The molecule has 2 aromatic rings. The molecule has 0 bridgehead atoms. The first kappa shape index (κ1) is 13.2. The fraction of sp³-hybridized carbons (Fsp3) is 0.308. The Balaban J connectivity index is 1.88. The number of carbonyl (C=O) groups is 2. The Hall–Kier alpha value is -2.77. The Morgan fingerprint density at radius 2 is 2.24 bits per heavy atom. The highest BCUT2D eigenvalue weighted by molar-refractivity contribution is 5.97. The summed E-state index contributed by atoms with van der Waals surface area (Å²) in [6.07, 6.45) is 1.19. The Kier molecular flexibility index (Phi) is 3.35. The molecule has 0 radical (unpaired) electrons. The van der Waals surface area contributed by atoms with Gasteiger partial charge < -0.3 is 10.0 Å². The van der Waals surface area contributed by atoms with Crippen molar-refractivity contribution >= 4 is 11.9 Å². The molecule has 3 rings (SSSR count). The van der Waals surface area contributed by atoms with E-state index >= 15 is 0 Å². The molecule has 0 spiro atoms. The lowest BCUT2D eigenvalue weighted by molar-refractivity contribution is -0.141. The van der Waals surface area contributed by atoms with E-state index in [4.69, 9.17) is 5.11 Å². The zero-order valence-electron chi connectivity index (χ0n) is 11.1. The summed E-state index contributed by atoms with van der Waals surface area (Å²) in [5.41, 5.74) is 1.08. The third kappa shape index (κ3) is 2.47. The summed E-state index contributed by atoms with van der Waals surface area (Å²) in [6.45, 7) is 0.461. The second-order valence-corrected chi connectivity index (χ2v) is 4.81. The fourth-order valence-electron chi connectivity index (χ4n) is 2.51. The second-order valence-electron chi connectivity index (χ2n) is 4.81. The zero-order chi connectivity index (χ0) is 14.8. The van der Waals surface area contributed by atoms with Crippen LogP contribution in [0.2, 0.25) is 0 Å². The number of carbonyl (C=O) groups excluding carboxylic acids is 1. The van der Waals surface area contributed by atoms with Crippen molar-refractivity contribution in [2.75, 3.05) is 6.54 Å². The molecule has 8 nitrogen and oxygen atoms in total. The number of nitrogens with zero attached hydrogens (tertiary/aromatic N) is 4. The molecule has 1 unspecified atom stereocenters. The molecule has 0 aliphatic carbocycles. The van der Waals surface area contributed by atoms with Crippen LogP contribution < -0.4 is 0 Å². The topological polar surface area (TPSA) is 112 Å². The lowest BCUT2D eigenvalue weighted by Crippen LogP contribution is -2.40. The summed E-state index contributed by atoms with van der Waals surface area (Å²) in [5, 5.41) is 22.7. The molecular weight excluding hydrogens is 274 g/mol. The number of hydrogen-bond acceptors (Lipinski definition) is 5. The zero-order valence-corrected chi connectivity index (χ0v) is 11.1. The van der Waals surface area contributed by atoms with Gasteiger partial charge >= 0.3 is 5.97 Å². The lowest BCUT2D eigenvalue weighted by atomic mass is 10.1. The van der Waals surface area contributed by atoms with Crippen LogP contribution in [-0.4, -0.2) is 55.1 Å². The molecule has 108 valence electrons. The summed E-state index contributed by atoms with van der Waals surface area (Å²) < 4.78 is 0. The number of H-pyrrole nitrogens is 1. The number of aromatic amines is 1. The fourth-order valence-corrected chi connectivity index (χ4v) is 2.51. The minimum Gasteiger partial charge on any atom is -0.480 e. The third-order valence-corrected chi connectivity index (χ3v) is 3.51. The number of carboxylic acids is 1. The Bertz CT molecular complexity index is 670. The standard InChI is InChI=1S/C13H13N5O3/c19-12(18-6-2-5-10(18)13(20)21)9-4-1-3-8(7-9)11-14-16-17-15-11/h1,3-4,7,10H,2,5-6H2,(H,20,21)(H,14,15,16,17). The van der Waals surface area contributed by atoms with Crippen LogP contribution in [-0.2, 0) is 4.79 Å². The predicted molar refractivity (Wildman–Crippen MR) is 71.3 cm³/mol. The van der Waals surface area contributed by atoms with Crippen molar-refractivity contribution in [1.82, 2.24) is 25.5 Å². The first-order valence-electron chi connectivity index (χ1n) is 6.54. The van der Waals surface area contributed by atoms with E-state index in [1.54, 1.807) is 24.3 Å². The van der Waals surface area contributed by atoms with Crippen LogP contribution in [0.25, 0.3) is 11.4 Å². The van der Waals surface area contributed by atoms with Gasteiger partial charge in [0.15, 0.2) is 0 Å². The van der Waals surface area contributed by atoms with Crippen LogP contribution >= 0.6 is 0 Å². The molecule has 8 heteroatoms. The highest BCUT2D eigenvalue weighted by Crippen LogP contribution is 2.22. The monoisotopic (exact) mass is 287 g/mol.